The number of pyridine rings is 2. The van der Waals surface area contributed by atoms with Crippen LogP contribution in [0.15, 0.2) is 70.8 Å². The summed E-state index contributed by atoms with van der Waals surface area (Å²) in [5.74, 6) is 0. The molecule has 2 aromatic heterocycles. The third-order valence-corrected chi connectivity index (χ3v) is 3.91. The summed E-state index contributed by atoms with van der Waals surface area (Å²) in [4.78, 5) is 15.2. The van der Waals surface area contributed by atoms with Gasteiger partial charge in [-0.2, -0.15) is 0 Å². The van der Waals surface area contributed by atoms with Gasteiger partial charge in [-0.25, -0.2) is 0 Å². The lowest BCUT2D eigenvalue weighted by atomic mass is 10.1. The SMILES string of the molecule is C=C/C=C(\C)SC(=C)C=NC(C)c1nccc2ccncc12. The van der Waals surface area contributed by atoms with E-state index in [9.17, 15) is 0 Å². The molecule has 22 heavy (non-hydrogen) atoms. The highest BCUT2D eigenvalue weighted by Crippen LogP contribution is 2.25. The lowest BCUT2D eigenvalue weighted by Gasteiger charge is -2.09. The number of thioether (sulfide) groups is 1. The van der Waals surface area contributed by atoms with Crippen LogP contribution in [0.2, 0.25) is 0 Å². The number of rotatable bonds is 6. The summed E-state index contributed by atoms with van der Waals surface area (Å²) in [5, 5.41) is 2.16. The molecule has 2 aromatic rings. The van der Waals surface area contributed by atoms with Crippen LogP contribution in [0, 0.1) is 0 Å². The maximum atomic E-state index is 4.57. The van der Waals surface area contributed by atoms with E-state index in [1.165, 1.54) is 0 Å². The molecule has 1 unspecified atom stereocenters. The van der Waals surface area contributed by atoms with Crippen molar-refractivity contribution in [1.82, 2.24) is 9.97 Å². The number of hydrogen-bond acceptors (Lipinski definition) is 4. The molecular weight excluding hydrogens is 290 g/mol. The van der Waals surface area contributed by atoms with E-state index in [-0.39, 0.29) is 6.04 Å². The van der Waals surface area contributed by atoms with Crippen LogP contribution in [0.4, 0.5) is 0 Å². The van der Waals surface area contributed by atoms with E-state index in [4.69, 9.17) is 0 Å². The second kappa shape index (κ2) is 7.71. The molecular formula is C18H19N3S. The Labute approximate surface area is 135 Å². The van der Waals surface area contributed by atoms with E-state index < -0.39 is 0 Å². The zero-order valence-corrected chi connectivity index (χ0v) is 13.7. The molecule has 3 nitrogen and oxygen atoms in total. The third-order valence-electron chi connectivity index (χ3n) is 3.08. The predicted molar refractivity (Wildman–Crippen MR) is 97.1 cm³/mol. The quantitative estimate of drug-likeness (QED) is 0.550. The molecule has 2 rings (SSSR count). The van der Waals surface area contributed by atoms with Crippen LogP contribution < -0.4 is 0 Å². The van der Waals surface area contributed by atoms with E-state index in [1.807, 2.05) is 44.4 Å². The molecule has 0 aliphatic carbocycles. The van der Waals surface area contributed by atoms with E-state index in [1.54, 1.807) is 30.2 Å². The highest BCUT2D eigenvalue weighted by molar-refractivity contribution is 8.07. The Balaban J connectivity index is 2.15. The Kier molecular flexibility index (Phi) is 5.67. The largest absolute Gasteiger partial charge is 0.283 e. The summed E-state index contributed by atoms with van der Waals surface area (Å²) < 4.78 is 0. The number of fused-ring (bicyclic) bond motifs is 1. The molecule has 0 saturated carbocycles. The smallest absolute Gasteiger partial charge is 0.0898 e. The Morgan fingerprint density at radius 3 is 2.91 bits per heavy atom. The van der Waals surface area contributed by atoms with Crippen molar-refractivity contribution in [2.45, 2.75) is 19.9 Å². The van der Waals surface area contributed by atoms with Gasteiger partial charge in [-0.3, -0.25) is 15.0 Å². The van der Waals surface area contributed by atoms with Crippen molar-refractivity contribution >= 4 is 28.7 Å². The van der Waals surface area contributed by atoms with Crippen molar-refractivity contribution in [2.24, 2.45) is 4.99 Å². The molecule has 112 valence electrons. The number of hydrogen-bond donors (Lipinski definition) is 0. The fourth-order valence-corrected chi connectivity index (χ4v) is 2.75. The second-order valence-electron chi connectivity index (χ2n) is 4.83. The lowest BCUT2D eigenvalue weighted by Crippen LogP contribution is -1.96. The highest BCUT2D eigenvalue weighted by atomic mass is 32.2. The Morgan fingerprint density at radius 1 is 1.36 bits per heavy atom. The van der Waals surface area contributed by atoms with Gasteiger partial charge in [0.25, 0.3) is 0 Å². The van der Waals surface area contributed by atoms with Crippen molar-refractivity contribution < 1.29 is 0 Å². The molecule has 4 heteroatoms. The Hall–Kier alpha value is -2.20. The topological polar surface area (TPSA) is 38.1 Å². The molecule has 1 atom stereocenters. The summed E-state index contributed by atoms with van der Waals surface area (Å²) in [6.45, 7) is 11.7. The minimum Gasteiger partial charge on any atom is -0.283 e. The first-order valence-electron chi connectivity index (χ1n) is 6.99. The first-order valence-corrected chi connectivity index (χ1v) is 7.81. The molecule has 0 aliphatic heterocycles. The van der Waals surface area contributed by atoms with E-state index >= 15 is 0 Å². The average molecular weight is 309 g/mol. The number of aliphatic imine (C=N–C) groups is 1. The first kappa shape index (κ1) is 16.2. The van der Waals surface area contributed by atoms with Gasteiger partial charge in [0.1, 0.15) is 0 Å². The normalized spacial score (nSPS) is 13.5. The average Bonchev–Trinajstić information content (AvgIpc) is 2.52. The van der Waals surface area contributed by atoms with Crippen LogP contribution in [-0.2, 0) is 0 Å². The molecule has 0 spiro atoms. The number of aromatic nitrogens is 2. The maximum absolute atomic E-state index is 4.57. The number of allylic oxidation sites excluding steroid dienone is 4. The Bertz CT molecular complexity index is 742. The molecule has 0 bridgehead atoms. The van der Waals surface area contributed by atoms with Crippen LogP contribution in [-0.4, -0.2) is 16.2 Å². The summed E-state index contributed by atoms with van der Waals surface area (Å²) >= 11 is 1.58. The van der Waals surface area contributed by atoms with Gasteiger partial charge >= 0.3 is 0 Å². The number of nitrogens with zero attached hydrogens (tertiary/aromatic N) is 3. The van der Waals surface area contributed by atoms with Crippen molar-refractivity contribution in [3.63, 3.8) is 0 Å². The zero-order valence-electron chi connectivity index (χ0n) is 12.9. The van der Waals surface area contributed by atoms with Crippen LogP contribution >= 0.6 is 11.8 Å². The van der Waals surface area contributed by atoms with Gasteiger partial charge in [0, 0.05) is 35.1 Å². The van der Waals surface area contributed by atoms with Gasteiger partial charge in [0.15, 0.2) is 0 Å². The van der Waals surface area contributed by atoms with Gasteiger partial charge in [0.2, 0.25) is 0 Å². The summed E-state index contributed by atoms with van der Waals surface area (Å²) in [6.07, 6.45) is 10.9. The Morgan fingerprint density at radius 2 is 2.14 bits per heavy atom. The standard InChI is InChI=1S/C18H19N3S/c1-5-6-13(2)22-14(3)11-21-15(4)18-17-12-19-9-7-16(17)8-10-20-18/h5-12,15H,1,3H2,2,4H3/b13-6+,21-11?. The maximum Gasteiger partial charge on any atom is 0.0898 e. The fourth-order valence-electron chi connectivity index (χ4n) is 2.06. The second-order valence-corrected chi connectivity index (χ2v) is 6.20. The van der Waals surface area contributed by atoms with Crippen LogP contribution in [0.5, 0.6) is 0 Å². The van der Waals surface area contributed by atoms with Crippen molar-refractivity contribution in [3.8, 4) is 0 Å². The van der Waals surface area contributed by atoms with Crippen molar-refractivity contribution in [2.75, 3.05) is 0 Å². The van der Waals surface area contributed by atoms with Gasteiger partial charge in [-0.05, 0) is 36.3 Å². The zero-order chi connectivity index (χ0) is 15.9. The van der Waals surface area contributed by atoms with Crippen molar-refractivity contribution in [1.29, 1.82) is 0 Å². The molecule has 0 amide bonds. The summed E-state index contributed by atoms with van der Waals surface area (Å²) in [5.41, 5.74) is 0.929. The van der Waals surface area contributed by atoms with E-state index in [2.05, 4.69) is 28.1 Å². The minimum atomic E-state index is -0.0473. The summed E-state index contributed by atoms with van der Waals surface area (Å²) in [6, 6.07) is 3.92. The third kappa shape index (κ3) is 4.15. The van der Waals surface area contributed by atoms with Gasteiger partial charge in [-0.1, -0.05) is 37.1 Å². The van der Waals surface area contributed by atoms with Crippen LogP contribution in [0.25, 0.3) is 10.8 Å². The summed E-state index contributed by atoms with van der Waals surface area (Å²) in [7, 11) is 0. The highest BCUT2D eigenvalue weighted by Gasteiger charge is 2.09. The minimum absolute atomic E-state index is 0.0473. The van der Waals surface area contributed by atoms with Gasteiger partial charge in [0.05, 0.1) is 11.7 Å². The first-order chi connectivity index (χ1) is 10.6. The molecule has 0 fully saturated rings. The molecule has 0 aromatic carbocycles. The lowest BCUT2D eigenvalue weighted by molar-refractivity contribution is 0.797. The predicted octanol–water partition coefficient (Wildman–Crippen LogP) is 5.10. The molecule has 0 N–H and O–H groups in total. The monoisotopic (exact) mass is 309 g/mol. The fraction of sp³-hybridized carbons (Fsp3) is 0.167. The van der Waals surface area contributed by atoms with E-state index in [0.29, 0.717) is 0 Å². The van der Waals surface area contributed by atoms with Gasteiger partial charge in [-0.15, -0.1) is 0 Å². The van der Waals surface area contributed by atoms with E-state index in [0.717, 1.165) is 26.3 Å². The van der Waals surface area contributed by atoms with Crippen LogP contribution in [0.3, 0.4) is 0 Å². The molecule has 2 heterocycles. The molecule has 0 aliphatic rings. The van der Waals surface area contributed by atoms with Gasteiger partial charge < -0.3 is 0 Å². The molecule has 0 radical (unpaired) electrons. The van der Waals surface area contributed by atoms with Crippen molar-refractivity contribution in [3.05, 3.63) is 71.5 Å². The van der Waals surface area contributed by atoms with Crippen LogP contribution in [0.1, 0.15) is 25.6 Å². The molecule has 0 saturated heterocycles.